The number of carbonyl (C=O) groups is 1. The van der Waals surface area contributed by atoms with Crippen molar-refractivity contribution in [1.82, 2.24) is 4.90 Å². The van der Waals surface area contributed by atoms with E-state index in [4.69, 9.17) is 4.74 Å². The van der Waals surface area contributed by atoms with Crippen LogP contribution in [-0.4, -0.2) is 37.1 Å². The van der Waals surface area contributed by atoms with Gasteiger partial charge in [0.25, 0.3) is 5.91 Å². The Hall–Kier alpha value is -1.35. The Balaban J connectivity index is 0.000000383. The molecule has 1 amide bonds. The lowest BCUT2D eigenvalue weighted by molar-refractivity contribution is 0.0303. The Bertz CT molecular complexity index is 406. The highest BCUT2D eigenvalue weighted by molar-refractivity contribution is 5.94. The molecule has 0 bridgehead atoms. The summed E-state index contributed by atoms with van der Waals surface area (Å²) in [5, 5.41) is 0. The average Bonchev–Trinajstić information content (AvgIpc) is 2.55. The number of hydrogen-bond acceptors (Lipinski definition) is 2. The molecule has 1 aromatic carbocycles. The lowest BCUT2D eigenvalue weighted by Crippen LogP contribution is -2.40. The highest BCUT2D eigenvalue weighted by atomic mass is 16.5. The van der Waals surface area contributed by atoms with E-state index in [1.165, 1.54) is 12.0 Å². The van der Waals surface area contributed by atoms with Gasteiger partial charge in [-0.25, -0.2) is 0 Å². The van der Waals surface area contributed by atoms with Crippen molar-refractivity contribution in [1.29, 1.82) is 0 Å². The van der Waals surface area contributed by atoms with E-state index < -0.39 is 0 Å². The van der Waals surface area contributed by atoms with Crippen molar-refractivity contribution < 1.29 is 9.53 Å². The highest BCUT2D eigenvalue weighted by Crippen LogP contribution is 2.09. The summed E-state index contributed by atoms with van der Waals surface area (Å²) in [6, 6.07) is 7.87. The first-order valence-corrected chi connectivity index (χ1v) is 8.04. The molecule has 1 fully saturated rings. The topological polar surface area (TPSA) is 29.5 Å². The normalized spacial score (nSPS) is 14.6. The van der Waals surface area contributed by atoms with Crippen LogP contribution in [0.1, 0.15) is 50.0 Å². The largest absolute Gasteiger partial charge is 0.378 e. The monoisotopic (exact) mass is 291 g/mol. The summed E-state index contributed by atoms with van der Waals surface area (Å²) < 4.78 is 5.23. The Morgan fingerprint density at radius 2 is 1.67 bits per heavy atom. The van der Waals surface area contributed by atoms with E-state index in [1.54, 1.807) is 0 Å². The highest BCUT2D eigenvalue weighted by Gasteiger charge is 2.17. The van der Waals surface area contributed by atoms with Crippen LogP contribution in [0.15, 0.2) is 24.3 Å². The number of aryl methyl sites for hydroxylation is 1. The second kappa shape index (κ2) is 9.56. The Labute approximate surface area is 129 Å². The lowest BCUT2D eigenvalue weighted by Gasteiger charge is -2.26. The van der Waals surface area contributed by atoms with Crippen molar-refractivity contribution in [2.75, 3.05) is 26.3 Å². The lowest BCUT2D eigenvalue weighted by atomic mass is 10.1. The predicted molar refractivity (Wildman–Crippen MR) is 87.7 cm³/mol. The molecule has 0 saturated carbocycles. The number of morpholine rings is 1. The van der Waals surface area contributed by atoms with Gasteiger partial charge in [-0.2, -0.15) is 0 Å². The van der Waals surface area contributed by atoms with Crippen LogP contribution in [0, 0.1) is 5.92 Å². The first-order chi connectivity index (χ1) is 10.1. The summed E-state index contributed by atoms with van der Waals surface area (Å²) in [4.78, 5) is 13.9. The second-order valence-electron chi connectivity index (χ2n) is 5.76. The first-order valence-electron chi connectivity index (χ1n) is 8.04. The van der Waals surface area contributed by atoms with Crippen LogP contribution in [0.5, 0.6) is 0 Å². The van der Waals surface area contributed by atoms with Gasteiger partial charge >= 0.3 is 0 Å². The van der Waals surface area contributed by atoms with E-state index in [0.29, 0.717) is 26.3 Å². The van der Waals surface area contributed by atoms with Gasteiger partial charge in [0.2, 0.25) is 0 Å². The van der Waals surface area contributed by atoms with Crippen molar-refractivity contribution in [2.24, 2.45) is 5.92 Å². The van der Waals surface area contributed by atoms with Crippen LogP contribution < -0.4 is 0 Å². The van der Waals surface area contributed by atoms with E-state index in [0.717, 1.165) is 17.9 Å². The molecule has 0 N–H and O–H groups in total. The maximum Gasteiger partial charge on any atom is 0.254 e. The van der Waals surface area contributed by atoms with Crippen molar-refractivity contribution in [3.8, 4) is 0 Å². The molecule has 0 aliphatic carbocycles. The standard InChI is InChI=1S/C13H17NO2.C5H12/c1-2-11-3-5-12(6-4-11)13(15)14-7-9-16-10-8-14;1-4-5(2)3/h3-6H,2,7-10H2,1H3;5H,4H2,1-3H3. The van der Waals surface area contributed by atoms with Crippen LogP contribution in [0.3, 0.4) is 0 Å². The quantitative estimate of drug-likeness (QED) is 0.848. The van der Waals surface area contributed by atoms with Gasteiger partial charge in [-0.05, 0) is 30.0 Å². The van der Waals surface area contributed by atoms with E-state index in [9.17, 15) is 4.79 Å². The molecule has 0 radical (unpaired) electrons. The number of rotatable bonds is 3. The maximum atomic E-state index is 12.1. The van der Waals surface area contributed by atoms with Gasteiger partial charge in [-0.3, -0.25) is 4.79 Å². The van der Waals surface area contributed by atoms with Crippen LogP contribution >= 0.6 is 0 Å². The van der Waals surface area contributed by atoms with Crippen molar-refractivity contribution in [2.45, 2.75) is 40.5 Å². The summed E-state index contributed by atoms with van der Waals surface area (Å²) in [6.45, 7) is 11.5. The zero-order chi connectivity index (χ0) is 15.7. The minimum atomic E-state index is 0.117. The zero-order valence-corrected chi connectivity index (χ0v) is 13.9. The third kappa shape index (κ3) is 6.30. The SMILES string of the molecule is CCC(C)C.CCc1ccc(C(=O)N2CCOCC2)cc1. The van der Waals surface area contributed by atoms with E-state index in [1.807, 2.05) is 29.2 Å². The molecule has 0 aromatic heterocycles. The fraction of sp³-hybridized carbons (Fsp3) is 0.611. The molecule has 1 heterocycles. The predicted octanol–water partition coefficient (Wildman–Crippen LogP) is 3.77. The van der Waals surface area contributed by atoms with Gasteiger partial charge in [-0.1, -0.05) is 46.2 Å². The molecule has 21 heavy (non-hydrogen) atoms. The van der Waals surface area contributed by atoms with Gasteiger partial charge in [0.15, 0.2) is 0 Å². The summed E-state index contributed by atoms with van der Waals surface area (Å²) in [5.74, 6) is 1.00. The third-order valence-electron chi connectivity index (χ3n) is 3.72. The number of amides is 1. The molecule has 1 aliphatic heterocycles. The van der Waals surface area contributed by atoms with E-state index in [-0.39, 0.29) is 5.91 Å². The fourth-order valence-corrected chi connectivity index (χ4v) is 1.83. The van der Waals surface area contributed by atoms with Gasteiger partial charge in [-0.15, -0.1) is 0 Å². The minimum Gasteiger partial charge on any atom is -0.378 e. The summed E-state index contributed by atoms with van der Waals surface area (Å²) >= 11 is 0. The van der Waals surface area contributed by atoms with Gasteiger partial charge < -0.3 is 9.64 Å². The Morgan fingerprint density at radius 3 is 2.10 bits per heavy atom. The summed E-state index contributed by atoms with van der Waals surface area (Å²) in [7, 11) is 0. The Morgan fingerprint density at radius 1 is 1.14 bits per heavy atom. The molecule has 1 aliphatic rings. The first kappa shape index (κ1) is 17.7. The number of carbonyl (C=O) groups excluding carboxylic acids is 1. The molecule has 0 spiro atoms. The number of ether oxygens (including phenoxy) is 1. The summed E-state index contributed by atoms with van der Waals surface area (Å²) in [6.07, 6.45) is 2.31. The van der Waals surface area contributed by atoms with Gasteiger partial charge in [0.1, 0.15) is 0 Å². The molecule has 0 unspecified atom stereocenters. The van der Waals surface area contributed by atoms with Gasteiger partial charge in [0.05, 0.1) is 13.2 Å². The molecule has 2 rings (SSSR count). The van der Waals surface area contributed by atoms with E-state index >= 15 is 0 Å². The number of hydrogen-bond donors (Lipinski definition) is 0. The molecule has 1 aromatic rings. The molecule has 0 atom stereocenters. The minimum absolute atomic E-state index is 0.117. The third-order valence-corrected chi connectivity index (χ3v) is 3.72. The Kier molecular flexibility index (Phi) is 8.06. The van der Waals surface area contributed by atoms with Crippen molar-refractivity contribution in [3.63, 3.8) is 0 Å². The molecular weight excluding hydrogens is 262 g/mol. The van der Waals surface area contributed by atoms with Crippen LogP contribution in [0.4, 0.5) is 0 Å². The molecule has 3 nitrogen and oxygen atoms in total. The van der Waals surface area contributed by atoms with Gasteiger partial charge in [0, 0.05) is 18.7 Å². The molecular formula is C18H29NO2. The van der Waals surface area contributed by atoms with Crippen molar-refractivity contribution in [3.05, 3.63) is 35.4 Å². The molecule has 1 saturated heterocycles. The number of benzene rings is 1. The summed E-state index contributed by atoms with van der Waals surface area (Å²) in [5.41, 5.74) is 2.04. The van der Waals surface area contributed by atoms with Crippen LogP contribution in [0.25, 0.3) is 0 Å². The number of nitrogens with zero attached hydrogens (tertiary/aromatic N) is 1. The second-order valence-corrected chi connectivity index (χ2v) is 5.76. The van der Waals surface area contributed by atoms with E-state index in [2.05, 4.69) is 27.7 Å². The fourth-order valence-electron chi connectivity index (χ4n) is 1.83. The maximum absolute atomic E-state index is 12.1. The van der Waals surface area contributed by atoms with Crippen LogP contribution in [-0.2, 0) is 11.2 Å². The average molecular weight is 291 g/mol. The zero-order valence-electron chi connectivity index (χ0n) is 13.9. The smallest absolute Gasteiger partial charge is 0.254 e. The molecule has 118 valence electrons. The van der Waals surface area contributed by atoms with Crippen molar-refractivity contribution >= 4 is 5.91 Å². The molecule has 3 heteroatoms. The van der Waals surface area contributed by atoms with Crippen LogP contribution in [0.2, 0.25) is 0 Å².